The van der Waals surface area contributed by atoms with Crippen LogP contribution in [0.3, 0.4) is 0 Å². The lowest BCUT2D eigenvalue weighted by Gasteiger charge is -2.14. The summed E-state index contributed by atoms with van der Waals surface area (Å²) >= 11 is 0. The first-order chi connectivity index (χ1) is 7.06. The molecule has 15 heavy (non-hydrogen) atoms. The molecule has 1 rings (SSSR count). The molecule has 1 aliphatic rings. The van der Waals surface area contributed by atoms with Crippen LogP contribution >= 0.6 is 0 Å². The zero-order chi connectivity index (χ0) is 11.6. The molecule has 0 atom stereocenters. The zero-order valence-corrected chi connectivity index (χ0v) is 10.3. The van der Waals surface area contributed by atoms with Crippen molar-refractivity contribution in [3.05, 3.63) is 12.2 Å². The Balaban J connectivity index is 0.000000265. The van der Waals surface area contributed by atoms with Crippen LogP contribution in [0, 0.1) is 0 Å². The van der Waals surface area contributed by atoms with Gasteiger partial charge in [-0.3, -0.25) is 4.79 Å². The number of allylic oxidation sites excluding steroid dienone is 2. The molecule has 88 valence electrons. The van der Waals surface area contributed by atoms with Gasteiger partial charge in [0.15, 0.2) is 0 Å². The Hall–Kier alpha value is -0.790. The van der Waals surface area contributed by atoms with Crippen LogP contribution in [0.2, 0.25) is 0 Å². The second kappa shape index (κ2) is 8.51. The monoisotopic (exact) mass is 212 g/mol. The van der Waals surface area contributed by atoms with Crippen LogP contribution in [-0.2, 0) is 9.53 Å². The molecule has 0 aliphatic heterocycles. The van der Waals surface area contributed by atoms with Crippen LogP contribution < -0.4 is 0 Å². The van der Waals surface area contributed by atoms with E-state index >= 15 is 0 Å². The number of hydrogen-bond donors (Lipinski definition) is 0. The van der Waals surface area contributed by atoms with E-state index in [2.05, 4.69) is 16.9 Å². The van der Waals surface area contributed by atoms with Crippen molar-refractivity contribution in [3.8, 4) is 0 Å². The maximum Gasteiger partial charge on any atom is 0.293 e. The Morgan fingerprint density at radius 1 is 1.00 bits per heavy atom. The largest absolute Gasteiger partial charge is 0.462 e. The molecule has 0 saturated carbocycles. The molecule has 0 aromatic heterocycles. The SMILES string of the molecule is C1=CCCCCCC1.CC(C)(C)OC=O. The van der Waals surface area contributed by atoms with Gasteiger partial charge in [-0.2, -0.15) is 0 Å². The van der Waals surface area contributed by atoms with E-state index in [9.17, 15) is 4.79 Å². The number of carbonyl (C=O) groups is 1. The van der Waals surface area contributed by atoms with Gasteiger partial charge in [-0.1, -0.05) is 25.0 Å². The van der Waals surface area contributed by atoms with Crippen molar-refractivity contribution in [2.75, 3.05) is 0 Å². The molecular formula is C13H24O2. The maximum absolute atomic E-state index is 9.60. The third kappa shape index (κ3) is 13.2. The predicted molar refractivity (Wildman–Crippen MR) is 63.7 cm³/mol. The van der Waals surface area contributed by atoms with Crippen LogP contribution in [-0.4, -0.2) is 12.1 Å². The van der Waals surface area contributed by atoms with Crippen molar-refractivity contribution < 1.29 is 9.53 Å². The van der Waals surface area contributed by atoms with Gasteiger partial charge in [-0.25, -0.2) is 0 Å². The minimum Gasteiger partial charge on any atom is -0.462 e. The topological polar surface area (TPSA) is 26.3 Å². The van der Waals surface area contributed by atoms with E-state index in [1.165, 1.54) is 38.5 Å². The van der Waals surface area contributed by atoms with Gasteiger partial charge in [-0.15, -0.1) is 0 Å². The molecular weight excluding hydrogens is 188 g/mol. The second-order valence-corrected chi connectivity index (χ2v) is 4.79. The van der Waals surface area contributed by atoms with Gasteiger partial charge in [0, 0.05) is 0 Å². The zero-order valence-electron chi connectivity index (χ0n) is 10.3. The Bertz CT molecular complexity index is 167. The second-order valence-electron chi connectivity index (χ2n) is 4.79. The molecule has 2 heteroatoms. The lowest BCUT2D eigenvalue weighted by Crippen LogP contribution is -2.17. The van der Waals surface area contributed by atoms with Crippen molar-refractivity contribution in [1.29, 1.82) is 0 Å². The van der Waals surface area contributed by atoms with Crippen molar-refractivity contribution in [3.63, 3.8) is 0 Å². The molecule has 0 radical (unpaired) electrons. The number of rotatable bonds is 1. The Morgan fingerprint density at radius 2 is 1.47 bits per heavy atom. The van der Waals surface area contributed by atoms with Crippen LogP contribution in [0.1, 0.15) is 59.3 Å². The highest BCUT2D eigenvalue weighted by atomic mass is 16.5. The standard InChI is InChI=1S/C8H14.C5H10O2/c1-2-4-6-8-7-5-3-1;1-5(2,3)7-4-6/h1-2H,3-8H2;4H,1-3H3. The maximum atomic E-state index is 9.60. The highest BCUT2D eigenvalue weighted by Crippen LogP contribution is 2.09. The van der Waals surface area contributed by atoms with Gasteiger partial charge in [0.2, 0.25) is 0 Å². The Kier molecular flexibility index (Phi) is 8.06. The molecule has 0 saturated heterocycles. The van der Waals surface area contributed by atoms with Gasteiger partial charge < -0.3 is 4.74 Å². The number of ether oxygens (including phenoxy) is 1. The first-order valence-electron chi connectivity index (χ1n) is 5.83. The minimum absolute atomic E-state index is 0.318. The summed E-state index contributed by atoms with van der Waals surface area (Å²) in [5.74, 6) is 0. The predicted octanol–water partition coefficient (Wildman–Crippen LogP) is 3.85. The molecule has 0 heterocycles. The summed E-state index contributed by atoms with van der Waals surface area (Å²) in [4.78, 5) is 9.60. The molecule has 0 N–H and O–H groups in total. The molecule has 0 amide bonds. The highest BCUT2D eigenvalue weighted by molar-refractivity contribution is 5.37. The van der Waals surface area contributed by atoms with Gasteiger partial charge in [0.25, 0.3) is 6.47 Å². The fourth-order valence-electron chi connectivity index (χ4n) is 1.26. The fourth-order valence-corrected chi connectivity index (χ4v) is 1.26. The molecule has 0 fully saturated rings. The Morgan fingerprint density at radius 3 is 1.73 bits per heavy atom. The Labute approximate surface area is 93.7 Å². The van der Waals surface area contributed by atoms with Gasteiger partial charge in [-0.05, 0) is 46.5 Å². The summed E-state index contributed by atoms with van der Waals surface area (Å²) in [6.07, 6.45) is 13.0. The summed E-state index contributed by atoms with van der Waals surface area (Å²) in [6.45, 7) is 5.92. The van der Waals surface area contributed by atoms with Crippen LogP contribution in [0.15, 0.2) is 12.2 Å². The third-order valence-electron chi connectivity index (χ3n) is 2.06. The summed E-state index contributed by atoms with van der Waals surface area (Å²) < 4.78 is 4.55. The van der Waals surface area contributed by atoms with E-state index < -0.39 is 0 Å². The summed E-state index contributed by atoms with van der Waals surface area (Å²) in [5, 5.41) is 0. The number of hydrogen-bond acceptors (Lipinski definition) is 2. The van der Waals surface area contributed by atoms with Gasteiger partial charge in [0.05, 0.1) is 0 Å². The summed E-state index contributed by atoms with van der Waals surface area (Å²) in [7, 11) is 0. The molecule has 2 nitrogen and oxygen atoms in total. The van der Waals surface area contributed by atoms with Crippen molar-refractivity contribution in [1.82, 2.24) is 0 Å². The van der Waals surface area contributed by atoms with Crippen molar-refractivity contribution in [2.45, 2.75) is 64.9 Å². The molecule has 0 aromatic rings. The lowest BCUT2D eigenvalue weighted by atomic mass is 10.1. The lowest BCUT2D eigenvalue weighted by molar-refractivity contribution is -0.138. The van der Waals surface area contributed by atoms with E-state index in [-0.39, 0.29) is 5.60 Å². The van der Waals surface area contributed by atoms with E-state index in [0.29, 0.717) is 6.47 Å². The van der Waals surface area contributed by atoms with Crippen LogP contribution in [0.4, 0.5) is 0 Å². The average Bonchev–Trinajstić information content (AvgIpc) is 2.00. The fraction of sp³-hybridized carbons (Fsp3) is 0.769. The normalized spacial score (nSPS) is 16.7. The van der Waals surface area contributed by atoms with Gasteiger partial charge in [0.1, 0.15) is 5.60 Å². The summed E-state index contributed by atoms with van der Waals surface area (Å²) in [6, 6.07) is 0. The third-order valence-corrected chi connectivity index (χ3v) is 2.06. The van der Waals surface area contributed by atoms with E-state index in [1.807, 2.05) is 20.8 Å². The van der Waals surface area contributed by atoms with Crippen molar-refractivity contribution >= 4 is 6.47 Å². The first-order valence-corrected chi connectivity index (χ1v) is 5.83. The molecule has 0 unspecified atom stereocenters. The van der Waals surface area contributed by atoms with E-state index in [1.54, 1.807) is 0 Å². The van der Waals surface area contributed by atoms with E-state index in [0.717, 1.165) is 0 Å². The minimum atomic E-state index is -0.318. The van der Waals surface area contributed by atoms with E-state index in [4.69, 9.17) is 0 Å². The molecule has 0 spiro atoms. The van der Waals surface area contributed by atoms with Crippen molar-refractivity contribution in [2.24, 2.45) is 0 Å². The van der Waals surface area contributed by atoms with Crippen LogP contribution in [0.5, 0.6) is 0 Å². The highest BCUT2D eigenvalue weighted by Gasteiger charge is 2.07. The van der Waals surface area contributed by atoms with Gasteiger partial charge >= 0.3 is 0 Å². The average molecular weight is 212 g/mol. The van der Waals surface area contributed by atoms with Crippen LogP contribution in [0.25, 0.3) is 0 Å². The first kappa shape index (κ1) is 14.2. The number of carbonyl (C=O) groups excluding carboxylic acids is 1. The molecule has 0 aromatic carbocycles. The molecule has 1 aliphatic carbocycles. The molecule has 0 bridgehead atoms. The quantitative estimate of drug-likeness (QED) is 0.487. The summed E-state index contributed by atoms with van der Waals surface area (Å²) in [5.41, 5.74) is -0.318. The smallest absolute Gasteiger partial charge is 0.293 e.